The first-order valence-corrected chi connectivity index (χ1v) is 13.1. The Morgan fingerprint density at radius 2 is 1.67 bits per heavy atom. The van der Waals surface area contributed by atoms with Gasteiger partial charge in [0, 0.05) is 6.61 Å². The maximum Gasteiger partial charge on any atom is 0.0543 e. The number of hydrogen-bond acceptors (Lipinski definition) is 2. The molecule has 5 aliphatic carbocycles. The molecular formula is C28H46O2. The lowest BCUT2D eigenvalue weighted by Crippen LogP contribution is -2.64. The molecule has 2 heteroatoms. The zero-order valence-corrected chi connectivity index (χ0v) is 20.1. The number of aliphatic hydroxyl groups excluding tert-OH is 2. The third kappa shape index (κ3) is 2.56. The zero-order chi connectivity index (χ0) is 21.5. The van der Waals surface area contributed by atoms with Gasteiger partial charge < -0.3 is 10.2 Å². The number of rotatable bonds is 2. The molecule has 0 saturated heterocycles. The molecule has 2 N–H and O–H groups in total. The Balaban J connectivity index is 1.53. The van der Waals surface area contributed by atoms with Gasteiger partial charge in [-0.05, 0) is 129 Å². The van der Waals surface area contributed by atoms with E-state index in [1.165, 1.54) is 63.4 Å². The summed E-state index contributed by atoms with van der Waals surface area (Å²) < 4.78 is 0. The van der Waals surface area contributed by atoms with E-state index in [4.69, 9.17) is 0 Å². The molecule has 2 nitrogen and oxygen atoms in total. The van der Waals surface area contributed by atoms with Crippen molar-refractivity contribution in [1.82, 2.24) is 0 Å². The quantitative estimate of drug-likeness (QED) is 0.516. The van der Waals surface area contributed by atoms with E-state index in [0.29, 0.717) is 40.6 Å². The van der Waals surface area contributed by atoms with Crippen molar-refractivity contribution < 1.29 is 10.2 Å². The fraction of sp³-hybridized carbons (Fsp3) is 0.929. The maximum absolute atomic E-state index is 10.6. The van der Waals surface area contributed by atoms with Crippen LogP contribution in [0.4, 0.5) is 0 Å². The first-order chi connectivity index (χ1) is 14.1. The molecule has 5 saturated carbocycles. The summed E-state index contributed by atoms with van der Waals surface area (Å²) in [7, 11) is 0. The van der Waals surface area contributed by atoms with Crippen LogP contribution in [0, 0.1) is 51.2 Å². The average Bonchev–Trinajstić information content (AvgIpc) is 3.10. The van der Waals surface area contributed by atoms with Gasteiger partial charge in [0.1, 0.15) is 0 Å². The number of aliphatic hydroxyl groups is 2. The molecule has 0 aromatic heterocycles. The minimum atomic E-state index is -0.0611. The second-order valence-electron chi connectivity index (χ2n) is 13.3. The van der Waals surface area contributed by atoms with E-state index in [9.17, 15) is 10.2 Å². The number of fused-ring (bicyclic) bond motifs is 7. The zero-order valence-electron chi connectivity index (χ0n) is 20.1. The van der Waals surface area contributed by atoms with E-state index in [0.717, 1.165) is 24.7 Å². The second-order valence-corrected chi connectivity index (χ2v) is 13.3. The van der Waals surface area contributed by atoms with Crippen molar-refractivity contribution in [3.05, 3.63) is 12.2 Å². The van der Waals surface area contributed by atoms with E-state index < -0.39 is 0 Å². The lowest BCUT2D eigenvalue weighted by Gasteiger charge is -2.71. The molecule has 5 rings (SSSR count). The lowest BCUT2D eigenvalue weighted by atomic mass is 9.33. The Hall–Kier alpha value is -0.340. The first kappa shape index (κ1) is 21.5. The summed E-state index contributed by atoms with van der Waals surface area (Å²) in [5, 5.41) is 21.0. The van der Waals surface area contributed by atoms with Crippen molar-refractivity contribution in [3.8, 4) is 0 Å². The molecule has 0 amide bonds. The van der Waals surface area contributed by atoms with E-state index in [-0.39, 0.29) is 11.5 Å². The fourth-order valence-corrected chi connectivity index (χ4v) is 10.7. The predicted molar refractivity (Wildman–Crippen MR) is 123 cm³/mol. The Morgan fingerprint density at radius 3 is 2.37 bits per heavy atom. The SMILES string of the molecule is C=C(C)C1CCC2(CO)CCC3(C)C(CCC4C5(C)CCC(O)CC5CCC43C)C12. The van der Waals surface area contributed by atoms with Gasteiger partial charge in [-0.2, -0.15) is 0 Å². The van der Waals surface area contributed by atoms with Crippen LogP contribution >= 0.6 is 0 Å². The first-order valence-electron chi connectivity index (χ1n) is 13.1. The third-order valence-corrected chi connectivity index (χ3v) is 12.6. The summed E-state index contributed by atoms with van der Waals surface area (Å²) >= 11 is 0. The molecule has 0 heterocycles. The fourth-order valence-electron chi connectivity index (χ4n) is 10.7. The highest BCUT2D eigenvalue weighted by molar-refractivity contribution is 5.20. The molecule has 170 valence electrons. The Bertz CT molecular complexity index is 715. The molecule has 5 aliphatic rings. The largest absolute Gasteiger partial charge is 0.396 e. The van der Waals surface area contributed by atoms with Crippen molar-refractivity contribution in [2.45, 2.75) is 104 Å². The summed E-state index contributed by atoms with van der Waals surface area (Å²) in [5.41, 5.74) is 2.71. The maximum atomic E-state index is 10.6. The monoisotopic (exact) mass is 414 g/mol. The van der Waals surface area contributed by atoms with Crippen molar-refractivity contribution in [2.24, 2.45) is 51.2 Å². The van der Waals surface area contributed by atoms with Gasteiger partial charge in [0.15, 0.2) is 0 Å². The van der Waals surface area contributed by atoms with Gasteiger partial charge >= 0.3 is 0 Å². The summed E-state index contributed by atoms with van der Waals surface area (Å²) in [4.78, 5) is 0. The van der Waals surface area contributed by atoms with E-state index in [2.05, 4.69) is 34.3 Å². The van der Waals surface area contributed by atoms with E-state index in [1.54, 1.807) is 0 Å². The second kappa shape index (κ2) is 6.83. The van der Waals surface area contributed by atoms with Gasteiger partial charge in [-0.25, -0.2) is 0 Å². The van der Waals surface area contributed by atoms with Gasteiger partial charge in [0.2, 0.25) is 0 Å². The average molecular weight is 415 g/mol. The Labute approximate surface area is 184 Å². The molecule has 0 aromatic rings. The van der Waals surface area contributed by atoms with Crippen molar-refractivity contribution >= 4 is 0 Å². The van der Waals surface area contributed by atoms with E-state index in [1.807, 2.05) is 0 Å². The van der Waals surface area contributed by atoms with Crippen LogP contribution in [-0.4, -0.2) is 22.9 Å². The van der Waals surface area contributed by atoms with E-state index >= 15 is 0 Å². The molecule has 5 fully saturated rings. The number of allylic oxidation sites excluding steroid dienone is 1. The number of hydrogen-bond donors (Lipinski definition) is 2. The Kier molecular flexibility index (Phi) is 4.90. The highest BCUT2D eigenvalue weighted by Gasteiger charge is 2.69. The van der Waals surface area contributed by atoms with Crippen LogP contribution in [0.3, 0.4) is 0 Å². The molecule has 0 bridgehead atoms. The predicted octanol–water partition coefficient (Wildman–Crippen LogP) is 6.36. The molecule has 10 unspecified atom stereocenters. The minimum absolute atomic E-state index is 0.0611. The molecule has 30 heavy (non-hydrogen) atoms. The van der Waals surface area contributed by atoms with Crippen LogP contribution in [0.15, 0.2) is 12.2 Å². The lowest BCUT2D eigenvalue weighted by molar-refractivity contribution is -0.230. The molecular weight excluding hydrogens is 368 g/mol. The van der Waals surface area contributed by atoms with Crippen LogP contribution < -0.4 is 0 Å². The van der Waals surface area contributed by atoms with Crippen molar-refractivity contribution in [3.63, 3.8) is 0 Å². The molecule has 0 aromatic carbocycles. The topological polar surface area (TPSA) is 40.5 Å². The van der Waals surface area contributed by atoms with Crippen LogP contribution in [0.1, 0.15) is 98.3 Å². The highest BCUT2D eigenvalue weighted by Crippen LogP contribution is 2.76. The van der Waals surface area contributed by atoms with Crippen LogP contribution in [0.25, 0.3) is 0 Å². The van der Waals surface area contributed by atoms with Gasteiger partial charge in [0.25, 0.3) is 0 Å². The highest BCUT2D eigenvalue weighted by atomic mass is 16.3. The normalized spacial score (nSPS) is 57.7. The van der Waals surface area contributed by atoms with Gasteiger partial charge in [-0.1, -0.05) is 32.9 Å². The third-order valence-electron chi connectivity index (χ3n) is 12.6. The minimum Gasteiger partial charge on any atom is -0.396 e. The van der Waals surface area contributed by atoms with Crippen molar-refractivity contribution in [1.29, 1.82) is 0 Å². The standard InChI is InChI=1S/C28H46O2/c1-18(2)21-10-13-28(17-29)15-14-26(4)22(24(21)28)6-7-23-25(3)11-9-20(30)16-19(25)8-12-27(23,26)5/h19-24,29-30H,1,6-17H2,2-5H3. The van der Waals surface area contributed by atoms with Gasteiger partial charge in [-0.15, -0.1) is 0 Å². The van der Waals surface area contributed by atoms with Crippen LogP contribution in [0.5, 0.6) is 0 Å². The van der Waals surface area contributed by atoms with Gasteiger partial charge in [0.05, 0.1) is 6.10 Å². The molecule has 0 spiro atoms. The van der Waals surface area contributed by atoms with Crippen LogP contribution in [0.2, 0.25) is 0 Å². The molecule has 10 atom stereocenters. The molecule has 0 aliphatic heterocycles. The van der Waals surface area contributed by atoms with Crippen molar-refractivity contribution in [2.75, 3.05) is 6.61 Å². The smallest absolute Gasteiger partial charge is 0.0543 e. The molecule has 0 radical (unpaired) electrons. The summed E-state index contributed by atoms with van der Waals surface area (Å²) in [6.45, 7) is 15.0. The Morgan fingerprint density at radius 1 is 0.900 bits per heavy atom. The van der Waals surface area contributed by atoms with Gasteiger partial charge in [-0.3, -0.25) is 0 Å². The summed E-state index contributed by atoms with van der Waals surface area (Å²) in [6.07, 6.45) is 13.5. The summed E-state index contributed by atoms with van der Waals surface area (Å²) in [5.74, 6) is 3.49. The summed E-state index contributed by atoms with van der Waals surface area (Å²) in [6, 6.07) is 0. The van der Waals surface area contributed by atoms with Crippen LogP contribution in [-0.2, 0) is 0 Å².